The van der Waals surface area contributed by atoms with E-state index < -0.39 is 5.97 Å². The van der Waals surface area contributed by atoms with Crippen LogP contribution in [0.5, 0.6) is 0 Å². The fourth-order valence-electron chi connectivity index (χ4n) is 2.24. The zero-order valence-electron chi connectivity index (χ0n) is 9.90. The van der Waals surface area contributed by atoms with Crippen LogP contribution < -0.4 is 0 Å². The third-order valence-electron chi connectivity index (χ3n) is 3.31. The summed E-state index contributed by atoms with van der Waals surface area (Å²) in [5.74, 6) is -0.433. The number of nitrogens with zero attached hydrogens (tertiary/aromatic N) is 1. The number of fused-ring (bicyclic) bond motifs is 1. The van der Waals surface area contributed by atoms with Crippen LogP contribution in [0, 0.1) is 6.92 Å². The molecule has 1 aliphatic rings. The topological polar surface area (TPSA) is 50.2 Å². The van der Waals surface area contributed by atoms with Gasteiger partial charge in [-0.2, -0.15) is 0 Å². The molecule has 1 heterocycles. The fourth-order valence-corrected chi connectivity index (χ4v) is 2.81. The van der Waals surface area contributed by atoms with E-state index in [-0.39, 0.29) is 0 Å². The molecule has 0 atom stereocenters. The molecular formula is C14H12BrNO2. The quantitative estimate of drug-likeness (QED) is 0.916. The Hall–Kier alpha value is -1.42. The van der Waals surface area contributed by atoms with Crippen molar-refractivity contribution in [1.82, 2.24) is 4.98 Å². The molecule has 0 amide bonds. The van der Waals surface area contributed by atoms with Crippen molar-refractivity contribution >= 4 is 32.8 Å². The second kappa shape index (κ2) is 4.05. The Morgan fingerprint density at radius 3 is 2.72 bits per heavy atom. The van der Waals surface area contributed by atoms with E-state index in [0.29, 0.717) is 16.9 Å². The summed E-state index contributed by atoms with van der Waals surface area (Å²) in [7, 11) is 0. The number of carboxylic acid groups (broad SMARTS) is 1. The maximum absolute atomic E-state index is 11.4. The van der Waals surface area contributed by atoms with Gasteiger partial charge in [0, 0.05) is 21.5 Å². The monoisotopic (exact) mass is 305 g/mol. The highest BCUT2D eigenvalue weighted by Gasteiger charge is 2.27. The Labute approximate surface area is 113 Å². The Balaban J connectivity index is 2.37. The summed E-state index contributed by atoms with van der Waals surface area (Å²) in [6, 6.07) is 5.53. The summed E-state index contributed by atoms with van der Waals surface area (Å²) < 4.78 is 0.885. The SMILES string of the molecule is Cc1cc(Br)cc2c(C(=O)O)cc(C3CC3)nc12. The number of benzene rings is 1. The van der Waals surface area contributed by atoms with Gasteiger partial charge in [0.15, 0.2) is 0 Å². The normalized spacial score (nSPS) is 15.0. The number of aromatic carboxylic acids is 1. The summed E-state index contributed by atoms with van der Waals surface area (Å²) in [5, 5.41) is 10.1. The van der Waals surface area contributed by atoms with Crippen molar-refractivity contribution < 1.29 is 9.90 Å². The van der Waals surface area contributed by atoms with Crippen molar-refractivity contribution in [2.24, 2.45) is 0 Å². The van der Waals surface area contributed by atoms with Gasteiger partial charge in [-0.1, -0.05) is 15.9 Å². The number of carboxylic acids is 1. The molecule has 0 aliphatic heterocycles. The summed E-state index contributed by atoms with van der Waals surface area (Å²) in [6.07, 6.45) is 2.24. The summed E-state index contributed by atoms with van der Waals surface area (Å²) in [5.41, 5.74) is 3.08. The minimum atomic E-state index is -0.887. The third kappa shape index (κ3) is 1.90. The number of pyridine rings is 1. The molecule has 0 bridgehead atoms. The maximum atomic E-state index is 11.4. The molecule has 1 aliphatic carbocycles. The highest BCUT2D eigenvalue weighted by Crippen LogP contribution is 2.40. The average Bonchev–Trinajstić information content (AvgIpc) is 3.11. The van der Waals surface area contributed by atoms with Gasteiger partial charge in [-0.05, 0) is 43.5 Å². The van der Waals surface area contributed by atoms with Crippen LogP contribution in [0.1, 0.15) is 40.4 Å². The number of aromatic nitrogens is 1. The fraction of sp³-hybridized carbons (Fsp3) is 0.286. The molecule has 92 valence electrons. The van der Waals surface area contributed by atoms with E-state index in [1.807, 2.05) is 19.1 Å². The number of rotatable bonds is 2. The molecule has 0 unspecified atom stereocenters. The standard InChI is InChI=1S/C14H12BrNO2/c1-7-4-9(15)5-10-11(14(17)18)6-12(8-2-3-8)16-13(7)10/h4-6,8H,2-3H2,1H3,(H,17,18). The smallest absolute Gasteiger partial charge is 0.336 e. The van der Waals surface area contributed by atoms with E-state index >= 15 is 0 Å². The van der Waals surface area contributed by atoms with Gasteiger partial charge in [-0.25, -0.2) is 4.79 Å². The minimum absolute atomic E-state index is 0.353. The minimum Gasteiger partial charge on any atom is -0.478 e. The first-order valence-electron chi connectivity index (χ1n) is 5.90. The van der Waals surface area contributed by atoms with Crippen LogP contribution in [0.15, 0.2) is 22.7 Å². The first-order valence-corrected chi connectivity index (χ1v) is 6.69. The molecule has 1 aromatic carbocycles. The summed E-state index contributed by atoms with van der Waals surface area (Å²) in [6.45, 7) is 1.96. The number of hydrogen-bond donors (Lipinski definition) is 1. The van der Waals surface area contributed by atoms with Crippen molar-refractivity contribution in [3.63, 3.8) is 0 Å². The van der Waals surface area contributed by atoms with Gasteiger partial charge in [-0.3, -0.25) is 4.98 Å². The third-order valence-corrected chi connectivity index (χ3v) is 3.77. The lowest BCUT2D eigenvalue weighted by molar-refractivity contribution is 0.0699. The Bertz CT molecular complexity index is 662. The Kier molecular flexibility index (Phi) is 2.63. The molecule has 0 saturated heterocycles. The zero-order valence-corrected chi connectivity index (χ0v) is 11.5. The van der Waals surface area contributed by atoms with Crippen molar-refractivity contribution in [2.45, 2.75) is 25.7 Å². The molecule has 0 spiro atoms. The van der Waals surface area contributed by atoms with E-state index in [9.17, 15) is 9.90 Å². The zero-order chi connectivity index (χ0) is 12.9. The van der Waals surface area contributed by atoms with Crippen LogP contribution in [0.3, 0.4) is 0 Å². The maximum Gasteiger partial charge on any atom is 0.336 e. The predicted molar refractivity (Wildman–Crippen MR) is 73.1 cm³/mol. The van der Waals surface area contributed by atoms with E-state index in [4.69, 9.17) is 0 Å². The molecule has 4 heteroatoms. The first kappa shape index (κ1) is 11.7. The number of hydrogen-bond acceptors (Lipinski definition) is 2. The number of carbonyl (C=O) groups is 1. The second-order valence-electron chi connectivity index (χ2n) is 4.79. The van der Waals surface area contributed by atoms with Crippen molar-refractivity contribution in [3.05, 3.63) is 39.5 Å². The molecule has 1 aromatic heterocycles. The van der Waals surface area contributed by atoms with Gasteiger partial charge < -0.3 is 5.11 Å². The van der Waals surface area contributed by atoms with Crippen LogP contribution >= 0.6 is 15.9 Å². The average molecular weight is 306 g/mol. The Morgan fingerprint density at radius 2 is 2.11 bits per heavy atom. The van der Waals surface area contributed by atoms with E-state index in [2.05, 4.69) is 20.9 Å². The Morgan fingerprint density at radius 1 is 1.39 bits per heavy atom. The lowest BCUT2D eigenvalue weighted by Gasteiger charge is -2.09. The molecule has 1 saturated carbocycles. The number of aryl methyl sites for hydroxylation is 1. The van der Waals surface area contributed by atoms with Crippen molar-refractivity contribution in [2.75, 3.05) is 0 Å². The van der Waals surface area contributed by atoms with Gasteiger partial charge in [0.25, 0.3) is 0 Å². The van der Waals surface area contributed by atoms with Gasteiger partial charge in [0.2, 0.25) is 0 Å². The van der Waals surface area contributed by atoms with Crippen molar-refractivity contribution in [1.29, 1.82) is 0 Å². The van der Waals surface area contributed by atoms with Gasteiger partial charge in [0.1, 0.15) is 0 Å². The van der Waals surface area contributed by atoms with E-state index in [1.54, 1.807) is 6.07 Å². The van der Waals surface area contributed by atoms with Crippen molar-refractivity contribution in [3.8, 4) is 0 Å². The molecule has 2 aromatic rings. The molecule has 1 N–H and O–H groups in total. The van der Waals surface area contributed by atoms with Crippen LogP contribution in [-0.2, 0) is 0 Å². The largest absolute Gasteiger partial charge is 0.478 e. The van der Waals surface area contributed by atoms with Gasteiger partial charge in [-0.15, -0.1) is 0 Å². The highest BCUT2D eigenvalue weighted by atomic mass is 79.9. The van der Waals surface area contributed by atoms with Gasteiger partial charge in [0.05, 0.1) is 11.1 Å². The van der Waals surface area contributed by atoms with Crippen LogP contribution in [0.4, 0.5) is 0 Å². The molecule has 0 radical (unpaired) electrons. The lowest BCUT2D eigenvalue weighted by Crippen LogP contribution is -2.02. The lowest BCUT2D eigenvalue weighted by atomic mass is 10.0. The highest BCUT2D eigenvalue weighted by molar-refractivity contribution is 9.10. The predicted octanol–water partition coefficient (Wildman–Crippen LogP) is 3.88. The van der Waals surface area contributed by atoms with Crippen LogP contribution in [-0.4, -0.2) is 16.1 Å². The van der Waals surface area contributed by atoms with Gasteiger partial charge >= 0.3 is 5.97 Å². The molecular weight excluding hydrogens is 294 g/mol. The molecule has 3 rings (SSSR count). The molecule has 18 heavy (non-hydrogen) atoms. The second-order valence-corrected chi connectivity index (χ2v) is 5.71. The first-order chi connectivity index (χ1) is 8.56. The molecule has 3 nitrogen and oxygen atoms in total. The van der Waals surface area contributed by atoms with E-state index in [1.165, 1.54) is 0 Å². The van der Waals surface area contributed by atoms with E-state index in [0.717, 1.165) is 34.1 Å². The summed E-state index contributed by atoms with van der Waals surface area (Å²) >= 11 is 3.41. The van der Waals surface area contributed by atoms with Crippen LogP contribution in [0.25, 0.3) is 10.9 Å². The molecule has 1 fully saturated rings. The number of halogens is 1. The van der Waals surface area contributed by atoms with Crippen LogP contribution in [0.2, 0.25) is 0 Å². The summed E-state index contributed by atoms with van der Waals surface area (Å²) in [4.78, 5) is 16.0.